The first-order valence-electron chi connectivity index (χ1n) is 4.12. The second-order valence-electron chi connectivity index (χ2n) is 2.59. The van der Waals surface area contributed by atoms with Crippen LogP contribution in [0.3, 0.4) is 0 Å². The second-order valence-corrected chi connectivity index (χ2v) is 2.59. The predicted octanol–water partition coefficient (Wildman–Crippen LogP) is 1.98. The summed E-state index contributed by atoms with van der Waals surface area (Å²) in [6.07, 6.45) is 8.41. The van der Waals surface area contributed by atoms with Crippen LogP contribution in [0.2, 0.25) is 13.1 Å². The average Bonchev–Trinajstić information content (AvgIpc) is 1.96. The fourth-order valence-corrected chi connectivity index (χ4v) is 0.576. The summed E-state index contributed by atoms with van der Waals surface area (Å²) in [5.41, 5.74) is 0. The van der Waals surface area contributed by atoms with Crippen LogP contribution >= 0.6 is 0 Å². The molecule has 0 saturated heterocycles. The highest BCUT2D eigenvalue weighted by Gasteiger charge is 1.95. The van der Waals surface area contributed by atoms with E-state index in [4.69, 9.17) is 5.02 Å². The Morgan fingerprint density at radius 1 is 1.55 bits per heavy atom. The van der Waals surface area contributed by atoms with Gasteiger partial charge in [0.25, 0.3) is 6.92 Å². The van der Waals surface area contributed by atoms with Gasteiger partial charge in [0.05, 0.1) is 0 Å². The number of hydrogen-bond donors (Lipinski definition) is 1. The summed E-state index contributed by atoms with van der Waals surface area (Å²) in [5, 5.41) is 8.84. The molecule has 0 aliphatic rings. The third kappa shape index (κ3) is 9.43. The summed E-state index contributed by atoms with van der Waals surface area (Å²) in [4.78, 5) is 3.98. The van der Waals surface area contributed by atoms with Gasteiger partial charge < -0.3 is 5.02 Å². The number of hydrogen-bond acceptors (Lipinski definition) is 2. The van der Waals surface area contributed by atoms with Crippen molar-refractivity contribution in [3.8, 4) is 0 Å². The molecule has 62 valence electrons. The van der Waals surface area contributed by atoms with Crippen molar-refractivity contribution < 1.29 is 5.02 Å². The minimum Gasteiger partial charge on any atom is -0.450 e. The molecular weight excluding hydrogens is 137 g/mol. The van der Waals surface area contributed by atoms with Crippen molar-refractivity contribution in [2.24, 2.45) is 4.99 Å². The van der Waals surface area contributed by atoms with E-state index in [-0.39, 0.29) is 6.92 Å². The molecule has 0 aromatic rings. The fourth-order valence-electron chi connectivity index (χ4n) is 0.576. The molecule has 0 aliphatic carbocycles. The van der Waals surface area contributed by atoms with Crippen LogP contribution in [-0.2, 0) is 0 Å². The number of allylic oxidation sites excluding steroid dienone is 1. The maximum atomic E-state index is 8.84. The van der Waals surface area contributed by atoms with Gasteiger partial charge in [-0.2, -0.15) is 0 Å². The number of unbranched alkanes of at least 4 members (excludes halogenated alkanes) is 1. The molecule has 0 unspecified atom stereocenters. The highest BCUT2D eigenvalue weighted by atomic mass is 16.2. The molecule has 0 atom stereocenters. The van der Waals surface area contributed by atoms with E-state index in [9.17, 15) is 0 Å². The van der Waals surface area contributed by atoms with Gasteiger partial charge in [0, 0.05) is 6.20 Å². The van der Waals surface area contributed by atoms with Crippen molar-refractivity contribution >= 4 is 13.1 Å². The highest BCUT2D eigenvalue weighted by Crippen LogP contribution is 1.89. The Labute approximate surface area is 69.2 Å². The van der Waals surface area contributed by atoms with Gasteiger partial charge in [0.15, 0.2) is 0 Å². The second kappa shape index (κ2) is 7.54. The van der Waals surface area contributed by atoms with E-state index in [0.29, 0.717) is 6.32 Å². The predicted molar refractivity (Wildman–Crippen MR) is 51.2 cm³/mol. The lowest BCUT2D eigenvalue weighted by Crippen LogP contribution is -2.04. The van der Waals surface area contributed by atoms with Crippen LogP contribution in [0.15, 0.2) is 17.3 Å². The van der Waals surface area contributed by atoms with Gasteiger partial charge >= 0.3 is 0 Å². The molecule has 0 saturated carbocycles. The minimum absolute atomic E-state index is 0.279. The molecule has 0 aromatic carbocycles. The van der Waals surface area contributed by atoms with Gasteiger partial charge in [-0.1, -0.05) is 26.2 Å². The van der Waals surface area contributed by atoms with Crippen LogP contribution in [0.25, 0.3) is 0 Å². The topological polar surface area (TPSA) is 32.6 Å². The molecule has 0 aliphatic heterocycles. The molecule has 0 bridgehead atoms. The molecule has 0 amide bonds. The SMILES string of the molecule is CCC/C=C\N=C/CB(C)O. The van der Waals surface area contributed by atoms with E-state index in [1.54, 1.807) is 19.2 Å². The monoisotopic (exact) mass is 153 g/mol. The molecule has 0 rings (SSSR count). The van der Waals surface area contributed by atoms with Gasteiger partial charge in [0.1, 0.15) is 0 Å². The molecular formula is C8H16BNO. The molecule has 0 spiro atoms. The van der Waals surface area contributed by atoms with Crippen molar-refractivity contribution in [2.75, 3.05) is 0 Å². The lowest BCUT2D eigenvalue weighted by Gasteiger charge is -1.88. The van der Waals surface area contributed by atoms with Gasteiger partial charge in [-0.15, -0.1) is 0 Å². The Morgan fingerprint density at radius 3 is 2.82 bits per heavy atom. The van der Waals surface area contributed by atoms with Crippen LogP contribution in [0, 0.1) is 0 Å². The van der Waals surface area contributed by atoms with Crippen LogP contribution < -0.4 is 0 Å². The van der Waals surface area contributed by atoms with E-state index in [1.165, 1.54) is 0 Å². The maximum Gasteiger partial charge on any atom is 0.291 e. The van der Waals surface area contributed by atoms with Gasteiger partial charge in [-0.05, 0) is 19.0 Å². The van der Waals surface area contributed by atoms with E-state index in [1.807, 2.05) is 6.08 Å². The Bertz CT molecular complexity index is 132. The van der Waals surface area contributed by atoms with Crippen molar-refractivity contribution in [3.63, 3.8) is 0 Å². The Hall–Kier alpha value is -0.565. The Balaban J connectivity index is 3.28. The molecule has 1 N–H and O–H groups in total. The zero-order valence-electron chi connectivity index (χ0n) is 7.33. The molecule has 0 heterocycles. The van der Waals surface area contributed by atoms with Crippen molar-refractivity contribution in [3.05, 3.63) is 12.3 Å². The van der Waals surface area contributed by atoms with E-state index in [2.05, 4.69) is 11.9 Å². The zero-order valence-corrected chi connectivity index (χ0v) is 7.33. The van der Waals surface area contributed by atoms with Crippen molar-refractivity contribution in [2.45, 2.75) is 32.9 Å². The Morgan fingerprint density at radius 2 is 2.27 bits per heavy atom. The molecule has 0 aromatic heterocycles. The largest absolute Gasteiger partial charge is 0.450 e. The zero-order chi connectivity index (χ0) is 8.53. The number of aliphatic imine (C=N–C) groups is 1. The molecule has 3 heteroatoms. The first kappa shape index (κ1) is 10.4. The number of rotatable bonds is 5. The summed E-state index contributed by atoms with van der Waals surface area (Å²) >= 11 is 0. The molecule has 11 heavy (non-hydrogen) atoms. The normalized spacial score (nSPS) is 11.5. The van der Waals surface area contributed by atoms with E-state index >= 15 is 0 Å². The molecule has 2 nitrogen and oxygen atoms in total. The Kier molecular flexibility index (Phi) is 7.15. The average molecular weight is 153 g/mol. The van der Waals surface area contributed by atoms with E-state index in [0.717, 1.165) is 12.8 Å². The minimum atomic E-state index is -0.279. The van der Waals surface area contributed by atoms with Crippen LogP contribution in [-0.4, -0.2) is 18.2 Å². The summed E-state index contributed by atoms with van der Waals surface area (Å²) in [6.45, 7) is 3.60. The molecule has 0 fully saturated rings. The smallest absolute Gasteiger partial charge is 0.291 e. The van der Waals surface area contributed by atoms with Crippen LogP contribution in [0.4, 0.5) is 0 Å². The van der Waals surface area contributed by atoms with Crippen LogP contribution in [0.1, 0.15) is 19.8 Å². The third-order valence-electron chi connectivity index (χ3n) is 1.20. The molecule has 0 radical (unpaired) electrons. The van der Waals surface area contributed by atoms with Crippen molar-refractivity contribution in [1.29, 1.82) is 0 Å². The third-order valence-corrected chi connectivity index (χ3v) is 1.20. The summed E-state index contributed by atoms with van der Waals surface area (Å²) in [7, 11) is 0. The number of nitrogens with zero attached hydrogens (tertiary/aromatic N) is 1. The van der Waals surface area contributed by atoms with Crippen LogP contribution in [0.5, 0.6) is 0 Å². The quantitative estimate of drug-likeness (QED) is 0.475. The lowest BCUT2D eigenvalue weighted by atomic mass is 9.69. The summed E-state index contributed by atoms with van der Waals surface area (Å²) < 4.78 is 0. The van der Waals surface area contributed by atoms with E-state index < -0.39 is 0 Å². The maximum absolute atomic E-state index is 8.84. The standard InChI is InChI=1S/C8H16BNO/c1-3-4-5-7-10-8-6-9(2)11/h5,7-8,11H,3-4,6H2,1-2H3/b7-5-,10-8-. The lowest BCUT2D eigenvalue weighted by molar-refractivity contribution is 0.584. The van der Waals surface area contributed by atoms with Gasteiger partial charge in [-0.3, -0.25) is 4.99 Å². The summed E-state index contributed by atoms with van der Waals surface area (Å²) in [6, 6.07) is 0. The van der Waals surface area contributed by atoms with Gasteiger partial charge in [0.2, 0.25) is 0 Å². The summed E-state index contributed by atoms with van der Waals surface area (Å²) in [5.74, 6) is 0. The highest BCUT2D eigenvalue weighted by molar-refractivity contribution is 6.52. The van der Waals surface area contributed by atoms with Gasteiger partial charge in [-0.25, -0.2) is 0 Å². The first-order chi connectivity index (χ1) is 5.27. The first-order valence-corrected chi connectivity index (χ1v) is 4.12. The fraction of sp³-hybridized carbons (Fsp3) is 0.625. The van der Waals surface area contributed by atoms with Crippen molar-refractivity contribution in [1.82, 2.24) is 0 Å².